The van der Waals surface area contributed by atoms with Crippen LogP contribution in [0.5, 0.6) is 0 Å². The Labute approximate surface area is 193 Å². The van der Waals surface area contributed by atoms with Gasteiger partial charge in [-0.05, 0) is 75.7 Å². The Morgan fingerprint density at radius 3 is 2.75 bits per heavy atom. The first-order valence-corrected chi connectivity index (χ1v) is 12.8. The number of methoxy groups -OCH3 is 1. The van der Waals surface area contributed by atoms with E-state index in [1.54, 1.807) is 0 Å². The highest BCUT2D eigenvalue weighted by atomic mass is 16.7. The molecule has 5 heteroatoms. The summed E-state index contributed by atoms with van der Waals surface area (Å²) in [5.41, 5.74) is 1.50. The van der Waals surface area contributed by atoms with Crippen molar-refractivity contribution in [1.82, 2.24) is 0 Å². The van der Waals surface area contributed by atoms with Gasteiger partial charge >= 0.3 is 5.97 Å². The highest BCUT2D eigenvalue weighted by Gasteiger charge is 2.45. The Bertz CT molecular complexity index is 661. The molecular formula is C27H42O5. The molecule has 5 atom stereocenters. The number of carbonyl (C=O) groups is 2. The molecule has 0 N–H and O–H groups in total. The number of ketones is 1. The normalized spacial score (nSPS) is 29.8. The largest absolute Gasteiger partial charge is 0.469 e. The van der Waals surface area contributed by atoms with Crippen molar-refractivity contribution >= 4 is 11.8 Å². The molecule has 0 radical (unpaired) electrons. The molecule has 1 heterocycles. The molecule has 1 saturated heterocycles. The van der Waals surface area contributed by atoms with Crippen LogP contribution in [0.4, 0.5) is 0 Å². The lowest BCUT2D eigenvalue weighted by Crippen LogP contribution is -2.30. The Balaban J connectivity index is 1.56. The standard InChI is InChI=1S/C27H42O5/c1-3-4-5-11-22(28)14-15-23-24-18-20(10-6-7-12-26(29)30-2)17-21(24)19-25(23)32-27-13-8-9-16-31-27/h14-15,17,21,23-25,27H,3-13,16,18-19H2,1-2H3/t21-,23?,24+,25?,27?/m1/s1. The molecule has 5 nitrogen and oxygen atoms in total. The first kappa shape index (κ1) is 25.2. The molecule has 2 fully saturated rings. The minimum absolute atomic E-state index is 0.0921. The molecule has 2 aliphatic carbocycles. The topological polar surface area (TPSA) is 61.8 Å². The number of rotatable bonds is 13. The summed E-state index contributed by atoms with van der Waals surface area (Å²) in [5, 5.41) is 0. The minimum atomic E-state index is -0.124. The fourth-order valence-electron chi connectivity index (χ4n) is 5.50. The van der Waals surface area contributed by atoms with Crippen LogP contribution in [0.15, 0.2) is 23.8 Å². The molecule has 3 unspecified atom stereocenters. The molecule has 0 spiro atoms. The van der Waals surface area contributed by atoms with Crippen molar-refractivity contribution < 1.29 is 23.8 Å². The number of hydrogen-bond donors (Lipinski definition) is 0. The lowest BCUT2D eigenvalue weighted by molar-refractivity contribution is -0.192. The molecule has 32 heavy (non-hydrogen) atoms. The SMILES string of the molecule is CCCCCC(=O)C=CC1C(OC2CCCCO2)C[C@H]2C=C(CCCCC(=O)OC)C[C@H]12. The van der Waals surface area contributed by atoms with Gasteiger partial charge in [0.1, 0.15) is 0 Å². The van der Waals surface area contributed by atoms with Crippen molar-refractivity contribution in [3.8, 4) is 0 Å². The van der Waals surface area contributed by atoms with Gasteiger partial charge in [-0.3, -0.25) is 9.59 Å². The lowest BCUT2D eigenvalue weighted by Gasteiger charge is -2.29. The molecular weight excluding hydrogens is 404 g/mol. The fourth-order valence-corrected chi connectivity index (χ4v) is 5.50. The summed E-state index contributed by atoms with van der Waals surface area (Å²) in [7, 11) is 1.45. The zero-order chi connectivity index (χ0) is 22.8. The van der Waals surface area contributed by atoms with E-state index in [1.807, 2.05) is 6.08 Å². The second kappa shape index (κ2) is 13.3. The molecule has 0 aromatic rings. The van der Waals surface area contributed by atoms with E-state index in [2.05, 4.69) is 19.1 Å². The van der Waals surface area contributed by atoms with Gasteiger partial charge in [-0.1, -0.05) is 37.5 Å². The molecule has 0 bridgehead atoms. The summed E-state index contributed by atoms with van der Waals surface area (Å²) in [4.78, 5) is 23.7. The van der Waals surface area contributed by atoms with Gasteiger partial charge in [0.05, 0.1) is 13.2 Å². The number of carbonyl (C=O) groups excluding carboxylic acids is 2. The van der Waals surface area contributed by atoms with Crippen LogP contribution in [0.25, 0.3) is 0 Å². The third-order valence-electron chi connectivity index (χ3n) is 7.28. The maximum absolute atomic E-state index is 12.4. The lowest BCUT2D eigenvalue weighted by atomic mass is 9.88. The molecule has 3 aliphatic rings. The van der Waals surface area contributed by atoms with Gasteiger partial charge in [-0.15, -0.1) is 0 Å². The monoisotopic (exact) mass is 446 g/mol. The first-order chi connectivity index (χ1) is 15.6. The van der Waals surface area contributed by atoms with Crippen LogP contribution in [-0.4, -0.2) is 37.9 Å². The number of hydrogen-bond acceptors (Lipinski definition) is 5. The molecule has 0 aromatic heterocycles. The van der Waals surface area contributed by atoms with Crippen LogP contribution in [0.3, 0.4) is 0 Å². The number of esters is 1. The summed E-state index contributed by atoms with van der Waals surface area (Å²) in [6.45, 7) is 2.95. The Morgan fingerprint density at radius 1 is 1.16 bits per heavy atom. The van der Waals surface area contributed by atoms with Gasteiger partial charge in [-0.2, -0.15) is 0 Å². The highest BCUT2D eigenvalue weighted by Crippen LogP contribution is 2.49. The number of unbranched alkanes of at least 4 members (excludes halogenated alkanes) is 3. The maximum atomic E-state index is 12.4. The van der Waals surface area contributed by atoms with Crippen LogP contribution < -0.4 is 0 Å². The second-order valence-electron chi connectivity index (χ2n) is 9.71. The van der Waals surface area contributed by atoms with Crippen LogP contribution >= 0.6 is 0 Å². The van der Waals surface area contributed by atoms with Crippen LogP contribution in [0.1, 0.15) is 90.4 Å². The van der Waals surface area contributed by atoms with E-state index in [1.165, 1.54) is 12.7 Å². The van der Waals surface area contributed by atoms with E-state index in [0.29, 0.717) is 24.7 Å². The second-order valence-corrected chi connectivity index (χ2v) is 9.71. The Kier molecular flexibility index (Phi) is 10.5. The maximum Gasteiger partial charge on any atom is 0.305 e. The average Bonchev–Trinajstić information content (AvgIpc) is 3.33. The molecule has 3 rings (SSSR count). The van der Waals surface area contributed by atoms with E-state index in [-0.39, 0.29) is 30.1 Å². The van der Waals surface area contributed by atoms with Gasteiger partial charge < -0.3 is 14.2 Å². The fraction of sp³-hybridized carbons (Fsp3) is 0.778. The zero-order valence-electron chi connectivity index (χ0n) is 20.1. The molecule has 1 aliphatic heterocycles. The van der Waals surface area contributed by atoms with Crippen molar-refractivity contribution in [1.29, 1.82) is 0 Å². The summed E-state index contributed by atoms with van der Waals surface area (Å²) in [6, 6.07) is 0. The Hall–Kier alpha value is -1.46. The summed E-state index contributed by atoms with van der Waals surface area (Å²) < 4.78 is 17.0. The quantitative estimate of drug-likeness (QED) is 0.152. The van der Waals surface area contributed by atoms with Crippen LogP contribution in [0.2, 0.25) is 0 Å². The van der Waals surface area contributed by atoms with E-state index < -0.39 is 0 Å². The first-order valence-electron chi connectivity index (χ1n) is 12.8. The predicted octanol–water partition coefficient (Wildman–Crippen LogP) is 5.92. The van der Waals surface area contributed by atoms with Gasteiger partial charge in [0, 0.05) is 25.4 Å². The van der Waals surface area contributed by atoms with E-state index in [0.717, 1.165) is 77.2 Å². The predicted molar refractivity (Wildman–Crippen MR) is 125 cm³/mol. The van der Waals surface area contributed by atoms with E-state index in [4.69, 9.17) is 14.2 Å². The smallest absolute Gasteiger partial charge is 0.305 e. The third-order valence-corrected chi connectivity index (χ3v) is 7.28. The summed E-state index contributed by atoms with van der Waals surface area (Å²) >= 11 is 0. The third kappa shape index (κ3) is 7.55. The summed E-state index contributed by atoms with van der Waals surface area (Å²) in [6.07, 6.45) is 19.1. The Morgan fingerprint density at radius 2 is 2.00 bits per heavy atom. The van der Waals surface area contributed by atoms with Gasteiger partial charge in [-0.25, -0.2) is 0 Å². The summed E-state index contributed by atoms with van der Waals surface area (Å²) in [5.74, 6) is 1.41. The van der Waals surface area contributed by atoms with Crippen molar-refractivity contribution in [2.45, 2.75) is 103 Å². The molecule has 1 saturated carbocycles. The van der Waals surface area contributed by atoms with Crippen molar-refractivity contribution in [2.24, 2.45) is 17.8 Å². The van der Waals surface area contributed by atoms with Gasteiger partial charge in [0.2, 0.25) is 0 Å². The van der Waals surface area contributed by atoms with Gasteiger partial charge in [0.15, 0.2) is 12.1 Å². The van der Waals surface area contributed by atoms with E-state index in [9.17, 15) is 9.59 Å². The molecule has 0 amide bonds. The number of fused-ring (bicyclic) bond motifs is 1. The van der Waals surface area contributed by atoms with Crippen LogP contribution in [0, 0.1) is 17.8 Å². The van der Waals surface area contributed by atoms with Crippen LogP contribution in [-0.2, 0) is 23.8 Å². The number of ether oxygens (including phenoxy) is 3. The highest BCUT2D eigenvalue weighted by molar-refractivity contribution is 5.89. The van der Waals surface area contributed by atoms with Gasteiger partial charge in [0.25, 0.3) is 0 Å². The van der Waals surface area contributed by atoms with E-state index >= 15 is 0 Å². The van der Waals surface area contributed by atoms with Crippen molar-refractivity contribution in [3.05, 3.63) is 23.8 Å². The molecule has 0 aromatic carbocycles. The minimum Gasteiger partial charge on any atom is -0.469 e. The van der Waals surface area contributed by atoms with Crippen molar-refractivity contribution in [2.75, 3.05) is 13.7 Å². The number of allylic oxidation sites excluding steroid dienone is 3. The average molecular weight is 447 g/mol. The molecule has 180 valence electrons. The van der Waals surface area contributed by atoms with Crippen molar-refractivity contribution in [3.63, 3.8) is 0 Å². The zero-order valence-corrected chi connectivity index (χ0v) is 20.1.